The first-order chi connectivity index (χ1) is 16.2. The van der Waals surface area contributed by atoms with Crippen LogP contribution in [-0.2, 0) is 0 Å². The van der Waals surface area contributed by atoms with Gasteiger partial charge in [0.1, 0.15) is 11.4 Å². The number of aromatic nitrogens is 2. The minimum atomic E-state index is -0.0208. The van der Waals surface area contributed by atoms with Crippen LogP contribution in [0, 0.1) is 0 Å². The number of piperazine rings is 1. The lowest BCUT2D eigenvalue weighted by Crippen LogP contribution is -2.50. The molecule has 1 aliphatic carbocycles. The van der Waals surface area contributed by atoms with Gasteiger partial charge < -0.3 is 20.3 Å². The minimum absolute atomic E-state index is 0.0208. The van der Waals surface area contributed by atoms with Gasteiger partial charge >= 0.3 is 0 Å². The van der Waals surface area contributed by atoms with Gasteiger partial charge in [0.15, 0.2) is 5.96 Å². The Labute approximate surface area is 196 Å². The molecule has 5 rings (SSSR count). The molecular formula is C25H35N7O. The van der Waals surface area contributed by atoms with Gasteiger partial charge in [-0.15, -0.1) is 0 Å². The number of anilines is 1. The Hall–Kier alpha value is -2.87. The van der Waals surface area contributed by atoms with E-state index in [1.165, 1.54) is 18.4 Å². The normalized spacial score (nSPS) is 22.6. The Balaban J connectivity index is 1.13. The van der Waals surface area contributed by atoms with E-state index >= 15 is 0 Å². The first kappa shape index (κ1) is 21.9. The van der Waals surface area contributed by atoms with Crippen LogP contribution in [0.15, 0.2) is 47.7 Å². The molecule has 0 radical (unpaired) electrons. The van der Waals surface area contributed by atoms with Crippen LogP contribution in [0.4, 0.5) is 5.95 Å². The summed E-state index contributed by atoms with van der Waals surface area (Å²) in [5.74, 6) is 2.72. The summed E-state index contributed by atoms with van der Waals surface area (Å²) >= 11 is 0. The SMILES string of the molecule is CN=C(NCCN1CCN(c2ncccn2)CC1)NC1CC2(CCCC2)Oc2ccccc21. The molecule has 1 unspecified atom stereocenters. The van der Waals surface area contributed by atoms with E-state index in [-0.39, 0.29) is 11.6 Å². The molecule has 1 aromatic carbocycles. The average molecular weight is 450 g/mol. The molecule has 0 amide bonds. The van der Waals surface area contributed by atoms with E-state index in [0.717, 1.165) is 76.2 Å². The Morgan fingerprint density at radius 2 is 1.85 bits per heavy atom. The van der Waals surface area contributed by atoms with Gasteiger partial charge in [-0.25, -0.2) is 9.97 Å². The Morgan fingerprint density at radius 1 is 1.09 bits per heavy atom. The predicted molar refractivity (Wildman–Crippen MR) is 131 cm³/mol. The number of hydrogen-bond acceptors (Lipinski definition) is 6. The van der Waals surface area contributed by atoms with Crippen molar-refractivity contribution in [2.24, 2.45) is 4.99 Å². The molecule has 0 bridgehead atoms. The maximum Gasteiger partial charge on any atom is 0.225 e. The lowest BCUT2D eigenvalue weighted by molar-refractivity contribution is 0.0396. The second kappa shape index (κ2) is 9.95. The molecule has 2 N–H and O–H groups in total. The Kier molecular flexibility index (Phi) is 6.62. The minimum Gasteiger partial charge on any atom is -0.487 e. The fourth-order valence-electron chi connectivity index (χ4n) is 5.39. The molecule has 1 saturated heterocycles. The summed E-state index contributed by atoms with van der Waals surface area (Å²) in [5, 5.41) is 7.23. The molecular weight excluding hydrogens is 414 g/mol. The topological polar surface area (TPSA) is 77.9 Å². The van der Waals surface area contributed by atoms with Crippen LogP contribution in [0.2, 0.25) is 0 Å². The highest BCUT2D eigenvalue weighted by Gasteiger charge is 2.43. The number of aliphatic imine (C=N–C) groups is 1. The van der Waals surface area contributed by atoms with Crippen molar-refractivity contribution < 1.29 is 4.74 Å². The fraction of sp³-hybridized carbons (Fsp3) is 0.560. The number of para-hydroxylation sites is 1. The third kappa shape index (κ3) is 5.05. The molecule has 176 valence electrons. The van der Waals surface area contributed by atoms with E-state index in [9.17, 15) is 0 Å². The van der Waals surface area contributed by atoms with E-state index in [4.69, 9.17) is 4.74 Å². The van der Waals surface area contributed by atoms with Crippen molar-refractivity contribution in [1.82, 2.24) is 25.5 Å². The molecule has 1 spiro atoms. The highest BCUT2D eigenvalue weighted by molar-refractivity contribution is 5.80. The monoisotopic (exact) mass is 449 g/mol. The molecule has 3 aliphatic rings. The Morgan fingerprint density at radius 3 is 2.61 bits per heavy atom. The first-order valence-corrected chi connectivity index (χ1v) is 12.2. The van der Waals surface area contributed by atoms with E-state index in [1.807, 2.05) is 25.5 Å². The molecule has 1 aromatic heterocycles. The van der Waals surface area contributed by atoms with Crippen LogP contribution in [0.1, 0.15) is 43.7 Å². The number of benzene rings is 1. The summed E-state index contributed by atoms with van der Waals surface area (Å²) in [6, 6.07) is 10.5. The third-order valence-corrected chi connectivity index (χ3v) is 7.17. The molecule has 1 saturated carbocycles. The summed E-state index contributed by atoms with van der Waals surface area (Å²) in [7, 11) is 1.85. The molecule has 2 fully saturated rings. The zero-order valence-corrected chi connectivity index (χ0v) is 19.5. The van der Waals surface area contributed by atoms with Crippen molar-refractivity contribution >= 4 is 11.9 Å². The molecule has 1 atom stereocenters. The van der Waals surface area contributed by atoms with Gasteiger partial charge in [0.25, 0.3) is 0 Å². The van der Waals surface area contributed by atoms with Crippen LogP contribution in [-0.4, -0.2) is 72.7 Å². The van der Waals surface area contributed by atoms with Crippen molar-refractivity contribution in [1.29, 1.82) is 0 Å². The maximum atomic E-state index is 6.51. The summed E-state index contributed by atoms with van der Waals surface area (Å²) in [5.41, 5.74) is 1.21. The summed E-state index contributed by atoms with van der Waals surface area (Å²) in [4.78, 5) is 18.0. The second-order valence-corrected chi connectivity index (χ2v) is 9.31. The molecule has 2 aromatic rings. The van der Waals surface area contributed by atoms with Crippen LogP contribution in [0.3, 0.4) is 0 Å². The number of nitrogens with zero attached hydrogens (tertiary/aromatic N) is 5. The van der Waals surface area contributed by atoms with Gasteiger partial charge in [-0.3, -0.25) is 9.89 Å². The fourth-order valence-corrected chi connectivity index (χ4v) is 5.39. The Bertz CT molecular complexity index is 937. The largest absolute Gasteiger partial charge is 0.487 e. The van der Waals surface area contributed by atoms with Gasteiger partial charge in [0.05, 0.1) is 6.04 Å². The number of nitrogens with one attached hydrogen (secondary N) is 2. The number of guanidine groups is 1. The highest BCUT2D eigenvalue weighted by atomic mass is 16.5. The lowest BCUT2D eigenvalue weighted by Gasteiger charge is -2.40. The van der Waals surface area contributed by atoms with Crippen LogP contribution < -0.4 is 20.3 Å². The van der Waals surface area contributed by atoms with E-state index in [2.05, 4.69) is 59.7 Å². The van der Waals surface area contributed by atoms with Gasteiger partial charge in [-0.05, 0) is 37.8 Å². The standard InChI is InChI=1S/C25H35N7O/c1-26-23(27-13-14-31-15-17-32(18-16-31)24-28-11-6-12-29-24)30-21-19-25(9-4-5-10-25)33-22-8-3-2-7-20(21)22/h2-3,6-8,11-12,21H,4-5,9-10,13-19H2,1H3,(H2,26,27,30). The van der Waals surface area contributed by atoms with Crippen LogP contribution in [0.25, 0.3) is 0 Å². The lowest BCUT2D eigenvalue weighted by atomic mass is 9.86. The smallest absolute Gasteiger partial charge is 0.225 e. The summed E-state index contributed by atoms with van der Waals surface area (Å²) < 4.78 is 6.51. The van der Waals surface area contributed by atoms with E-state index in [1.54, 1.807) is 0 Å². The third-order valence-electron chi connectivity index (χ3n) is 7.17. The number of hydrogen-bond donors (Lipinski definition) is 2. The quantitative estimate of drug-likeness (QED) is 0.537. The predicted octanol–water partition coefficient (Wildman–Crippen LogP) is 2.60. The van der Waals surface area contributed by atoms with E-state index < -0.39 is 0 Å². The highest BCUT2D eigenvalue weighted by Crippen LogP contribution is 2.46. The van der Waals surface area contributed by atoms with E-state index in [0.29, 0.717) is 0 Å². The molecule has 3 heterocycles. The second-order valence-electron chi connectivity index (χ2n) is 9.31. The summed E-state index contributed by atoms with van der Waals surface area (Å²) in [6.07, 6.45) is 9.41. The molecule has 8 heteroatoms. The molecule has 8 nitrogen and oxygen atoms in total. The van der Waals surface area contributed by atoms with Crippen molar-refractivity contribution in [3.8, 4) is 5.75 Å². The average Bonchev–Trinajstić information content (AvgIpc) is 3.31. The molecule has 33 heavy (non-hydrogen) atoms. The van der Waals surface area contributed by atoms with Gasteiger partial charge in [-0.2, -0.15) is 0 Å². The first-order valence-electron chi connectivity index (χ1n) is 12.2. The van der Waals surface area contributed by atoms with Crippen molar-refractivity contribution in [2.75, 3.05) is 51.2 Å². The zero-order chi connectivity index (χ0) is 22.5. The van der Waals surface area contributed by atoms with Gasteiger partial charge in [0.2, 0.25) is 5.95 Å². The maximum absolute atomic E-state index is 6.51. The van der Waals surface area contributed by atoms with Gasteiger partial charge in [-0.1, -0.05) is 18.2 Å². The number of fused-ring (bicyclic) bond motifs is 1. The number of ether oxygens (including phenoxy) is 1. The van der Waals surface area contributed by atoms with Crippen molar-refractivity contribution in [3.05, 3.63) is 48.3 Å². The van der Waals surface area contributed by atoms with Crippen molar-refractivity contribution in [3.63, 3.8) is 0 Å². The van der Waals surface area contributed by atoms with Gasteiger partial charge in [0, 0.05) is 70.7 Å². The van der Waals surface area contributed by atoms with Crippen LogP contribution in [0.5, 0.6) is 5.75 Å². The zero-order valence-electron chi connectivity index (χ0n) is 19.5. The summed E-state index contributed by atoms with van der Waals surface area (Å²) in [6.45, 7) is 5.79. The van der Waals surface area contributed by atoms with Crippen LogP contribution >= 0.6 is 0 Å². The number of rotatable bonds is 5. The molecule has 2 aliphatic heterocycles. The van der Waals surface area contributed by atoms with Crippen molar-refractivity contribution in [2.45, 2.75) is 43.7 Å².